The molecule has 1 unspecified atom stereocenters. The normalized spacial score (nSPS) is 12.6. The van der Waals surface area contributed by atoms with Gasteiger partial charge in [-0.3, -0.25) is 0 Å². The van der Waals surface area contributed by atoms with Crippen LogP contribution < -0.4 is 0 Å². The monoisotopic (exact) mass is 312 g/mol. The van der Waals surface area contributed by atoms with Crippen LogP contribution in [0.5, 0.6) is 0 Å². The van der Waals surface area contributed by atoms with Gasteiger partial charge in [0.05, 0.1) is 5.69 Å². The molecule has 1 atom stereocenters. The van der Waals surface area contributed by atoms with Crippen LogP contribution in [-0.4, -0.2) is 16.7 Å². The molecule has 1 N–H and O–H groups in total. The maximum absolute atomic E-state index is 5.55. The molecule has 0 amide bonds. The number of ether oxygens (including phenoxy) is 1. The molecule has 2 aromatic rings. The van der Waals surface area contributed by atoms with Crippen molar-refractivity contribution in [1.82, 2.24) is 9.55 Å². The summed E-state index contributed by atoms with van der Waals surface area (Å²) in [6, 6.07) is 8.08. The smallest absolute Gasteiger partial charge is 0.177 e. The first-order valence-corrected chi connectivity index (χ1v) is 6.36. The van der Waals surface area contributed by atoms with Crippen molar-refractivity contribution < 1.29 is 4.74 Å². The van der Waals surface area contributed by atoms with E-state index in [9.17, 15) is 0 Å². The van der Waals surface area contributed by atoms with Gasteiger partial charge in [-0.25, -0.2) is 0 Å². The van der Waals surface area contributed by atoms with Gasteiger partial charge in [0.2, 0.25) is 0 Å². The molecule has 0 aliphatic heterocycles. The first-order valence-electron chi connectivity index (χ1n) is 5.16. The van der Waals surface area contributed by atoms with Crippen LogP contribution in [0.15, 0.2) is 34.9 Å². The fraction of sp³-hybridized carbons (Fsp3) is 0.250. The molecule has 0 radical (unpaired) electrons. The van der Waals surface area contributed by atoms with Crippen LogP contribution >= 0.6 is 28.1 Å². The molecule has 5 heteroatoms. The minimum Gasteiger partial charge on any atom is -0.370 e. The Morgan fingerprint density at radius 1 is 1.35 bits per heavy atom. The summed E-state index contributed by atoms with van der Waals surface area (Å²) in [5, 5.41) is 0. The van der Waals surface area contributed by atoms with Crippen molar-refractivity contribution in [3.05, 3.63) is 51.0 Å². The lowest BCUT2D eigenvalue weighted by Crippen LogP contribution is -2.08. The van der Waals surface area contributed by atoms with E-state index in [0.29, 0.717) is 4.77 Å². The standard InChI is InChI=1S/C12H13BrN2OS/c1-15-10(7-14-12(15)17)11(16-2)8-3-5-9(13)6-4-8/h3-7,11H,1-2H3,(H,14,17). The van der Waals surface area contributed by atoms with Crippen molar-refractivity contribution in [2.45, 2.75) is 6.10 Å². The topological polar surface area (TPSA) is 29.9 Å². The lowest BCUT2D eigenvalue weighted by Gasteiger charge is -2.16. The van der Waals surface area contributed by atoms with E-state index >= 15 is 0 Å². The van der Waals surface area contributed by atoms with Gasteiger partial charge in [-0.2, -0.15) is 0 Å². The fourth-order valence-corrected chi connectivity index (χ4v) is 2.19. The highest BCUT2D eigenvalue weighted by molar-refractivity contribution is 9.10. The molecule has 2 rings (SSSR count). The van der Waals surface area contributed by atoms with Crippen molar-refractivity contribution in [2.24, 2.45) is 7.05 Å². The Labute approximate surface area is 114 Å². The fourth-order valence-electron chi connectivity index (χ4n) is 1.76. The molecule has 1 aromatic heterocycles. The highest BCUT2D eigenvalue weighted by Crippen LogP contribution is 2.26. The Hall–Kier alpha value is -0.910. The molecule has 1 aromatic carbocycles. The van der Waals surface area contributed by atoms with E-state index < -0.39 is 0 Å². The van der Waals surface area contributed by atoms with Crippen LogP contribution in [0.4, 0.5) is 0 Å². The molecular weight excluding hydrogens is 300 g/mol. The number of halogens is 1. The van der Waals surface area contributed by atoms with E-state index in [2.05, 4.69) is 20.9 Å². The SMILES string of the molecule is COC(c1ccc(Br)cc1)c1c[nH]c(=S)n1C. The minimum atomic E-state index is -0.110. The second kappa shape index (κ2) is 5.16. The Bertz CT molecular complexity index is 559. The number of methoxy groups -OCH3 is 1. The highest BCUT2D eigenvalue weighted by atomic mass is 79.9. The molecule has 3 nitrogen and oxygen atoms in total. The van der Waals surface area contributed by atoms with Crippen LogP contribution in [0.3, 0.4) is 0 Å². The summed E-state index contributed by atoms with van der Waals surface area (Å²) in [5.41, 5.74) is 2.11. The molecule has 1 heterocycles. The van der Waals surface area contributed by atoms with Gasteiger partial charge in [-0.1, -0.05) is 28.1 Å². The van der Waals surface area contributed by atoms with E-state index in [4.69, 9.17) is 17.0 Å². The number of aromatic amines is 1. The van der Waals surface area contributed by atoms with Crippen molar-refractivity contribution in [2.75, 3.05) is 7.11 Å². The number of benzene rings is 1. The molecule has 0 spiro atoms. The van der Waals surface area contributed by atoms with Crippen molar-refractivity contribution in [1.29, 1.82) is 0 Å². The summed E-state index contributed by atoms with van der Waals surface area (Å²) in [7, 11) is 3.63. The summed E-state index contributed by atoms with van der Waals surface area (Å²) in [4.78, 5) is 3.02. The molecule has 0 aliphatic rings. The predicted octanol–water partition coefficient (Wildman–Crippen LogP) is 3.58. The number of rotatable bonds is 3. The highest BCUT2D eigenvalue weighted by Gasteiger charge is 2.16. The van der Waals surface area contributed by atoms with Gasteiger partial charge >= 0.3 is 0 Å². The van der Waals surface area contributed by atoms with Crippen LogP contribution in [-0.2, 0) is 11.8 Å². The summed E-state index contributed by atoms with van der Waals surface area (Å²) >= 11 is 8.58. The quantitative estimate of drug-likeness (QED) is 0.878. The average Bonchev–Trinajstić information content (AvgIpc) is 2.65. The zero-order valence-electron chi connectivity index (χ0n) is 9.61. The van der Waals surface area contributed by atoms with Gasteiger partial charge in [-0.05, 0) is 29.9 Å². The van der Waals surface area contributed by atoms with Crippen molar-refractivity contribution >= 4 is 28.1 Å². The van der Waals surface area contributed by atoms with E-state index in [1.807, 2.05) is 42.1 Å². The number of imidazole rings is 1. The minimum absolute atomic E-state index is 0.110. The largest absolute Gasteiger partial charge is 0.370 e. The third-order valence-electron chi connectivity index (χ3n) is 2.71. The number of nitrogens with one attached hydrogen (secondary N) is 1. The Balaban J connectivity index is 2.43. The van der Waals surface area contributed by atoms with E-state index in [1.54, 1.807) is 7.11 Å². The van der Waals surface area contributed by atoms with E-state index in [1.165, 1.54) is 0 Å². The third-order valence-corrected chi connectivity index (χ3v) is 3.63. The second-order valence-corrected chi connectivity index (χ2v) is 5.05. The van der Waals surface area contributed by atoms with Gasteiger partial charge in [0.25, 0.3) is 0 Å². The number of aromatic nitrogens is 2. The second-order valence-electron chi connectivity index (χ2n) is 3.75. The molecule has 0 aliphatic carbocycles. The zero-order valence-corrected chi connectivity index (χ0v) is 12.0. The molecule has 0 fully saturated rings. The molecule has 0 saturated heterocycles. The summed E-state index contributed by atoms with van der Waals surface area (Å²) < 4.78 is 9.22. The Morgan fingerprint density at radius 2 is 2.00 bits per heavy atom. The third kappa shape index (κ3) is 2.51. The molecular formula is C12H13BrN2OS. The van der Waals surface area contributed by atoms with Crippen LogP contribution in [0, 0.1) is 4.77 Å². The lowest BCUT2D eigenvalue weighted by molar-refractivity contribution is 0.130. The van der Waals surface area contributed by atoms with E-state index in [0.717, 1.165) is 15.7 Å². The van der Waals surface area contributed by atoms with E-state index in [-0.39, 0.29) is 6.10 Å². The first kappa shape index (κ1) is 12.5. The van der Waals surface area contributed by atoms with Gasteiger partial charge in [0.15, 0.2) is 4.77 Å². The maximum Gasteiger partial charge on any atom is 0.177 e. The zero-order chi connectivity index (χ0) is 12.4. The molecule has 0 bridgehead atoms. The maximum atomic E-state index is 5.55. The van der Waals surface area contributed by atoms with Crippen molar-refractivity contribution in [3.8, 4) is 0 Å². The number of hydrogen-bond acceptors (Lipinski definition) is 2. The Kier molecular flexibility index (Phi) is 3.81. The number of nitrogens with zero attached hydrogens (tertiary/aromatic N) is 1. The average molecular weight is 313 g/mol. The Morgan fingerprint density at radius 3 is 2.47 bits per heavy atom. The first-order chi connectivity index (χ1) is 8.13. The molecule has 90 valence electrons. The summed E-state index contributed by atoms with van der Waals surface area (Å²) in [6.07, 6.45) is 1.78. The van der Waals surface area contributed by atoms with Gasteiger partial charge in [0.1, 0.15) is 6.10 Å². The van der Waals surface area contributed by atoms with Crippen LogP contribution in [0.1, 0.15) is 17.4 Å². The van der Waals surface area contributed by atoms with Gasteiger partial charge in [-0.15, -0.1) is 0 Å². The van der Waals surface area contributed by atoms with Crippen LogP contribution in [0.2, 0.25) is 0 Å². The number of hydrogen-bond donors (Lipinski definition) is 1. The predicted molar refractivity (Wildman–Crippen MR) is 73.6 cm³/mol. The van der Waals surface area contributed by atoms with Crippen molar-refractivity contribution in [3.63, 3.8) is 0 Å². The summed E-state index contributed by atoms with van der Waals surface area (Å²) in [6.45, 7) is 0. The van der Waals surface area contributed by atoms with Gasteiger partial charge in [0, 0.05) is 24.8 Å². The summed E-state index contributed by atoms with van der Waals surface area (Å²) in [5.74, 6) is 0. The van der Waals surface area contributed by atoms with Crippen LogP contribution in [0.25, 0.3) is 0 Å². The van der Waals surface area contributed by atoms with Gasteiger partial charge < -0.3 is 14.3 Å². The number of H-pyrrole nitrogens is 1. The molecule has 17 heavy (non-hydrogen) atoms. The lowest BCUT2D eigenvalue weighted by atomic mass is 10.1. The molecule has 0 saturated carbocycles.